The Labute approximate surface area is 171 Å². The lowest BCUT2D eigenvalue weighted by molar-refractivity contribution is -0.121. The van der Waals surface area contributed by atoms with Crippen LogP contribution in [0.2, 0.25) is 0 Å². The first-order chi connectivity index (χ1) is 14.1. The van der Waals surface area contributed by atoms with Gasteiger partial charge < -0.3 is 10.2 Å². The summed E-state index contributed by atoms with van der Waals surface area (Å²) in [6.45, 7) is 2.03. The first-order valence-electron chi connectivity index (χ1n) is 9.94. The molecule has 0 radical (unpaired) electrons. The minimum absolute atomic E-state index is 0.00830. The molecule has 1 aliphatic rings. The van der Waals surface area contributed by atoms with Gasteiger partial charge in [0.05, 0.1) is 12.5 Å². The third-order valence-electron chi connectivity index (χ3n) is 5.37. The van der Waals surface area contributed by atoms with Gasteiger partial charge in [-0.25, -0.2) is 0 Å². The molecule has 3 aromatic carbocycles. The summed E-state index contributed by atoms with van der Waals surface area (Å²) in [5.41, 5.74) is 3.50. The van der Waals surface area contributed by atoms with Gasteiger partial charge in [-0.15, -0.1) is 0 Å². The van der Waals surface area contributed by atoms with E-state index in [-0.39, 0.29) is 23.9 Å². The van der Waals surface area contributed by atoms with Gasteiger partial charge in [0.15, 0.2) is 0 Å². The zero-order valence-corrected chi connectivity index (χ0v) is 16.4. The molecule has 0 bridgehead atoms. The maximum Gasteiger partial charge on any atom is 0.258 e. The number of nitrogens with zero attached hydrogens (tertiary/aromatic N) is 1. The summed E-state index contributed by atoms with van der Waals surface area (Å²) < 4.78 is 0. The highest BCUT2D eigenvalue weighted by molar-refractivity contribution is 6.07. The van der Waals surface area contributed by atoms with Gasteiger partial charge in [0.1, 0.15) is 0 Å². The molecule has 4 heteroatoms. The minimum atomic E-state index is -0.114. The second-order valence-corrected chi connectivity index (χ2v) is 7.47. The van der Waals surface area contributed by atoms with Crippen LogP contribution in [-0.2, 0) is 11.2 Å². The fourth-order valence-corrected chi connectivity index (χ4v) is 4.01. The lowest BCUT2D eigenvalue weighted by atomic mass is 9.90. The molecule has 4 nitrogen and oxygen atoms in total. The number of carbonyl (C=O) groups excluding carboxylic acids is 2. The first-order valence-corrected chi connectivity index (χ1v) is 9.94. The second kappa shape index (κ2) is 8.31. The average molecular weight is 384 g/mol. The SMILES string of the molecule is CC1CC(NC(=O)Cc2ccccc2)c2ccccc2N1C(=O)c1ccccc1. The third-order valence-corrected chi connectivity index (χ3v) is 5.37. The molecule has 1 heterocycles. The highest BCUT2D eigenvalue weighted by atomic mass is 16.2. The Morgan fingerprint density at radius 1 is 0.897 bits per heavy atom. The molecule has 146 valence electrons. The quantitative estimate of drug-likeness (QED) is 0.719. The fraction of sp³-hybridized carbons (Fsp3) is 0.200. The maximum atomic E-state index is 13.2. The van der Waals surface area contributed by atoms with Crippen molar-refractivity contribution in [3.63, 3.8) is 0 Å². The van der Waals surface area contributed by atoms with Crippen molar-refractivity contribution >= 4 is 17.5 Å². The van der Waals surface area contributed by atoms with E-state index < -0.39 is 0 Å². The molecule has 29 heavy (non-hydrogen) atoms. The lowest BCUT2D eigenvalue weighted by Gasteiger charge is -2.39. The van der Waals surface area contributed by atoms with Crippen molar-refractivity contribution in [2.24, 2.45) is 0 Å². The van der Waals surface area contributed by atoms with Crippen LogP contribution in [0.1, 0.15) is 40.9 Å². The van der Waals surface area contributed by atoms with E-state index in [9.17, 15) is 9.59 Å². The molecule has 1 aliphatic heterocycles. The van der Waals surface area contributed by atoms with Crippen LogP contribution in [0.4, 0.5) is 5.69 Å². The fourth-order valence-electron chi connectivity index (χ4n) is 4.01. The van der Waals surface area contributed by atoms with Crippen LogP contribution in [0.25, 0.3) is 0 Å². The van der Waals surface area contributed by atoms with Crippen molar-refractivity contribution < 1.29 is 9.59 Å². The summed E-state index contributed by atoms with van der Waals surface area (Å²) in [5.74, 6) is -0.0225. The molecule has 0 aromatic heterocycles. The molecule has 2 unspecified atom stereocenters. The molecule has 3 aromatic rings. The van der Waals surface area contributed by atoms with Crippen LogP contribution >= 0.6 is 0 Å². The number of nitrogens with one attached hydrogen (secondary N) is 1. The number of hydrogen-bond donors (Lipinski definition) is 1. The Kier molecular flexibility index (Phi) is 5.43. The van der Waals surface area contributed by atoms with Gasteiger partial charge >= 0.3 is 0 Å². The lowest BCUT2D eigenvalue weighted by Crippen LogP contribution is -2.46. The third kappa shape index (κ3) is 4.06. The Hall–Kier alpha value is -3.40. The van der Waals surface area contributed by atoms with E-state index in [1.54, 1.807) is 0 Å². The molecule has 2 atom stereocenters. The zero-order valence-electron chi connectivity index (χ0n) is 16.4. The number of amides is 2. The van der Waals surface area contributed by atoms with E-state index >= 15 is 0 Å². The van der Waals surface area contributed by atoms with Gasteiger partial charge in [-0.05, 0) is 42.7 Å². The van der Waals surface area contributed by atoms with Gasteiger partial charge in [-0.3, -0.25) is 9.59 Å². The van der Waals surface area contributed by atoms with Gasteiger partial charge in [-0.2, -0.15) is 0 Å². The van der Waals surface area contributed by atoms with Gasteiger partial charge in [0, 0.05) is 17.3 Å². The molecule has 0 saturated carbocycles. The normalized spacial score (nSPS) is 18.0. The number of rotatable bonds is 4. The Morgan fingerprint density at radius 2 is 1.52 bits per heavy atom. The Morgan fingerprint density at radius 3 is 2.24 bits per heavy atom. The minimum Gasteiger partial charge on any atom is -0.349 e. The molecule has 4 rings (SSSR count). The van der Waals surface area contributed by atoms with Crippen molar-refractivity contribution in [2.75, 3.05) is 4.90 Å². The zero-order chi connectivity index (χ0) is 20.2. The largest absolute Gasteiger partial charge is 0.349 e. The van der Waals surface area contributed by atoms with Gasteiger partial charge in [-0.1, -0.05) is 66.7 Å². The molecule has 0 fully saturated rings. The van der Waals surface area contributed by atoms with Crippen molar-refractivity contribution in [3.05, 3.63) is 102 Å². The molecule has 0 saturated heterocycles. The van der Waals surface area contributed by atoms with E-state index in [4.69, 9.17) is 0 Å². The summed E-state index contributed by atoms with van der Waals surface area (Å²) in [6.07, 6.45) is 1.02. The summed E-state index contributed by atoms with van der Waals surface area (Å²) >= 11 is 0. The number of anilines is 1. The molecule has 0 aliphatic carbocycles. The number of hydrogen-bond acceptors (Lipinski definition) is 2. The van der Waals surface area contributed by atoms with E-state index in [0.717, 1.165) is 16.8 Å². The van der Waals surface area contributed by atoms with E-state index in [1.165, 1.54) is 0 Å². The van der Waals surface area contributed by atoms with Gasteiger partial charge in [0.2, 0.25) is 5.91 Å². The van der Waals surface area contributed by atoms with Crippen LogP contribution in [0.5, 0.6) is 0 Å². The van der Waals surface area contributed by atoms with E-state index in [2.05, 4.69) is 5.32 Å². The first kappa shape index (κ1) is 18.9. The molecule has 1 N–H and O–H groups in total. The highest BCUT2D eigenvalue weighted by Gasteiger charge is 2.34. The monoisotopic (exact) mass is 384 g/mol. The van der Waals surface area contributed by atoms with Crippen molar-refractivity contribution in [3.8, 4) is 0 Å². The second-order valence-electron chi connectivity index (χ2n) is 7.47. The van der Waals surface area contributed by atoms with Gasteiger partial charge in [0.25, 0.3) is 5.91 Å². The standard InChI is InChI=1S/C25H24N2O2/c1-18-16-22(26-24(28)17-19-10-4-2-5-11-19)21-14-8-9-15-23(21)27(18)25(29)20-12-6-3-7-13-20/h2-15,18,22H,16-17H2,1H3,(H,26,28). The van der Waals surface area contributed by atoms with Crippen LogP contribution in [-0.4, -0.2) is 17.9 Å². The number of para-hydroxylation sites is 1. The molecule has 2 amide bonds. The number of benzene rings is 3. The summed E-state index contributed by atoms with van der Waals surface area (Å²) in [4.78, 5) is 27.7. The molecular weight excluding hydrogens is 360 g/mol. The maximum absolute atomic E-state index is 13.2. The predicted molar refractivity (Wildman–Crippen MR) is 115 cm³/mol. The van der Waals surface area contributed by atoms with Crippen LogP contribution < -0.4 is 10.2 Å². The topological polar surface area (TPSA) is 49.4 Å². The predicted octanol–water partition coefficient (Wildman–Crippen LogP) is 4.53. The summed E-state index contributed by atoms with van der Waals surface area (Å²) in [7, 11) is 0. The van der Waals surface area contributed by atoms with Crippen LogP contribution in [0, 0.1) is 0 Å². The Bertz CT molecular complexity index is 1000. The van der Waals surface area contributed by atoms with Crippen molar-refractivity contribution in [1.29, 1.82) is 0 Å². The number of fused-ring (bicyclic) bond motifs is 1. The van der Waals surface area contributed by atoms with E-state index in [0.29, 0.717) is 18.4 Å². The summed E-state index contributed by atoms with van der Waals surface area (Å²) in [5, 5.41) is 3.18. The highest BCUT2D eigenvalue weighted by Crippen LogP contribution is 2.37. The summed E-state index contributed by atoms with van der Waals surface area (Å²) in [6, 6.07) is 26.8. The van der Waals surface area contributed by atoms with Crippen molar-refractivity contribution in [1.82, 2.24) is 5.32 Å². The Balaban J connectivity index is 1.58. The van der Waals surface area contributed by atoms with Crippen molar-refractivity contribution in [2.45, 2.75) is 31.8 Å². The molecular formula is C25H24N2O2. The average Bonchev–Trinajstić information content (AvgIpc) is 2.75. The van der Waals surface area contributed by atoms with Crippen LogP contribution in [0.3, 0.4) is 0 Å². The molecule has 0 spiro atoms. The van der Waals surface area contributed by atoms with E-state index in [1.807, 2.05) is 96.8 Å². The number of carbonyl (C=O) groups is 2. The smallest absolute Gasteiger partial charge is 0.258 e. The van der Waals surface area contributed by atoms with Crippen LogP contribution in [0.15, 0.2) is 84.9 Å².